The first kappa shape index (κ1) is 13.1. The number of carbonyl (C=O) groups excluding carboxylic acids is 1. The molecule has 4 heteroatoms. The summed E-state index contributed by atoms with van der Waals surface area (Å²) in [4.78, 5) is 14.6. The zero-order chi connectivity index (χ0) is 13.8. The van der Waals surface area contributed by atoms with Gasteiger partial charge in [-0.2, -0.15) is 0 Å². The van der Waals surface area contributed by atoms with Gasteiger partial charge in [-0.1, -0.05) is 19.4 Å². The minimum Gasteiger partial charge on any atom is -0.335 e. The molecule has 2 N–H and O–H groups in total. The molecular formula is C15H23FN2O. The van der Waals surface area contributed by atoms with Crippen LogP contribution in [0.2, 0.25) is 0 Å². The lowest BCUT2D eigenvalue weighted by atomic mass is 9.77. The van der Waals surface area contributed by atoms with E-state index in [1.165, 1.54) is 0 Å². The third-order valence-electron chi connectivity index (χ3n) is 5.51. The van der Waals surface area contributed by atoms with Crippen LogP contribution in [0.15, 0.2) is 12.4 Å². The molecule has 0 aromatic carbocycles. The van der Waals surface area contributed by atoms with Crippen molar-refractivity contribution in [3.63, 3.8) is 0 Å². The number of piperidine rings is 1. The smallest absolute Gasteiger partial charge is 0.240 e. The van der Waals surface area contributed by atoms with Gasteiger partial charge in [0, 0.05) is 17.5 Å². The fourth-order valence-electron chi connectivity index (χ4n) is 4.24. The zero-order valence-electron chi connectivity index (χ0n) is 11.6. The van der Waals surface area contributed by atoms with Crippen molar-refractivity contribution in [2.45, 2.75) is 63.6 Å². The lowest BCUT2D eigenvalue weighted by Crippen LogP contribution is -2.54. The predicted molar refractivity (Wildman–Crippen MR) is 71.9 cm³/mol. The molecule has 0 unspecified atom stereocenters. The zero-order valence-corrected chi connectivity index (χ0v) is 11.6. The van der Waals surface area contributed by atoms with Crippen molar-refractivity contribution in [2.24, 2.45) is 17.1 Å². The van der Waals surface area contributed by atoms with E-state index in [9.17, 15) is 9.18 Å². The van der Waals surface area contributed by atoms with E-state index in [4.69, 9.17) is 5.73 Å². The third-order valence-corrected chi connectivity index (χ3v) is 5.51. The average molecular weight is 266 g/mol. The maximum Gasteiger partial charge on any atom is 0.240 e. The maximum atomic E-state index is 13.9. The van der Waals surface area contributed by atoms with Crippen LogP contribution in [0.5, 0.6) is 0 Å². The molecule has 2 saturated carbocycles. The summed E-state index contributed by atoms with van der Waals surface area (Å²) in [6, 6.07) is -0.122. The highest BCUT2D eigenvalue weighted by Gasteiger charge is 2.56. The highest BCUT2D eigenvalue weighted by Crippen LogP contribution is 2.51. The standard InChI is InChI=1S/C15H23FN2O/c1-9-7-11-8-12(11)18(9)14(19)13(17)15(10(2)16)5-3-4-6-15/h9,11-13H,2-8,17H2,1H3/t9-,11-,12+,13-/m1/s1. The van der Waals surface area contributed by atoms with Gasteiger partial charge in [0.1, 0.15) is 5.83 Å². The van der Waals surface area contributed by atoms with E-state index in [0.717, 1.165) is 25.7 Å². The number of amides is 1. The number of carbonyl (C=O) groups is 1. The minimum absolute atomic E-state index is 0.0572. The van der Waals surface area contributed by atoms with Gasteiger partial charge in [-0.25, -0.2) is 4.39 Å². The molecule has 106 valence electrons. The SMILES string of the molecule is C=C(F)C1([C@H](N)C(=O)N2[C@H](C)C[C@@H]3C[C@@H]32)CCCC1. The Kier molecular flexibility index (Phi) is 2.97. The first-order valence-electron chi connectivity index (χ1n) is 7.40. The molecular weight excluding hydrogens is 243 g/mol. The molecule has 1 heterocycles. The monoisotopic (exact) mass is 266 g/mol. The van der Waals surface area contributed by atoms with E-state index >= 15 is 0 Å². The summed E-state index contributed by atoms with van der Waals surface area (Å²) in [6.07, 6.45) is 5.37. The number of nitrogens with two attached hydrogens (primary N) is 1. The largest absolute Gasteiger partial charge is 0.335 e. The Morgan fingerprint density at radius 3 is 2.53 bits per heavy atom. The number of fused-ring (bicyclic) bond motifs is 1. The maximum absolute atomic E-state index is 13.9. The molecule has 3 fully saturated rings. The Bertz CT molecular complexity index is 414. The first-order chi connectivity index (χ1) is 8.97. The average Bonchev–Trinajstić information content (AvgIpc) is 2.83. The molecule has 1 aliphatic heterocycles. The molecule has 1 saturated heterocycles. The quantitative estimate of drug-likeness (QED) is 0.852. The molecule has 19 heavy (non-hydrogen) atoms. The second kappa shape index (κ2) is 4.30. The van der Waals surface area contributed by atoms with Crippen LogP contribution in [-0.2, 0) is 4.79 Å². The second-order valence-electron chi connectivity index (χ2n) is 6.64. The number of rotatable bonds is 3. The number of hydrogen-bond acceptors (Lipinski definition) is 2. The molecule has 0 aromatic heterocycles. The van der Waals surface area contributed by atoms with Crippen LogP contribution in [0.1, 0.15) is 45.4 Å². The number of nitrogens with zero attached hydrogens (tertiary/aromatic N) is 1. The van der Waals surface area contributed by atoms with Crippen LogP contribution in [0.4, 0.5) is 4.39 Å². The van der Waals surface area contributed by atoms with Gasteiger partial charge in [-0.3, -0.25) is 4.79 Å². The molecule has 1 amide bonds. The second-order valence-corrected chi connectivity index (χ2v) is 6.64. The molecule has 2 aliphatic carbocycles. The highest BCUT2D eigenvalue weighted by atomic mass is 19.1. The number of likely N-dealkylation sites (tertiary alicyclic amines) is 1. The van der Waals surface area contributed by atoms with E-state index in [1.807, 2.05) is 4.90 Å². The normalized spacial score (nSPS) is 37.0. The Morgan fingerprint density at radius 2 is 2.05 bits per heavy atom. The van der Waals surface area contributed by atoms with Gasteiger partial charge in [0.2, 0.25) is 5.91 Å². The van der Waals surface area contributed by atoms with Crippen molar-refractivity contribution in [2.75, 3.05) is 0 Å². The van der Waals surface area contributed by atoms with Gasteiger partial charge in [0.05, 0.1) is 6.04 Å². The summed E-state index contributed by atoms with van der Waals surface area (Å²) in [5, 5.41) is 0. The van der Waals surface area contributed by atoms with Gasteiger partial charge >= 0.3 is 0 Å². The minimum atomic E-state index is -0.802. The van der Waals surface area contributed by atoms with Crippen molar-refractivity contribution in [1.29, 1.82) is 0 Å². The van der Waals surface area contributed by atoms with E-state index in [0.29, 0.717) is 24.8 Å². The number of halogens is 1. The summed E-state index contributed by atoms with van der Waals surface area (Å²) in [5.74, 6) is 0.211. The van der Waals surface area contributed by atoms with Crippen LogP contribution in [0.25, 0.3) is 0 Å². The summed E-state index contributed by atoms with van der Waals surface area (Å²) in [7, 11) is 0. The van der Waals surface area contributed by atoms with Crippen molar-refractivity contribution < 1.29 is 9.18 Å². The summed E-state index contributed by atoms with van der Waals surface area (Å²) in [5.41, 5.74) is 5.39. The van der Waals surface area contributed by atoms with Crippen LogP contribution >= 0.6 is 0 Å². The summed E-state index contributed by atoms with van der Waals surface area (Å²) in [6.45, 7) is 5.54. The van der Waals surface area contributed by atoms with E-state index in [1.54, 1.807) is 0 Å². The lowest BCUT2D eigenvalue weighted by molar-refractivity contribution is -0.137. The van der Waals surface area contributed by atoms with Crippen LogP contribution in [0, 0.1) is 11.3 Å². The van der Waals surface area contributed by atoms with Crippen LogP contribution < -0.4 is 5.73 Å². The summed E-state index contributed by atoms with van der Waals surface area (Å²) >= 11 is 0. The van der Waals surface area contributed by atoms with E-state index < -0.39 is 17.3 Å². The fourth-order valence-corrected chi connectivity index (χ4v) is 4.24. The molecule has 0 spiro atoms. The fraction of sp³-hybridized carbons (Fsp3) is 0.800. The van der Waals surface area contributed by atoms with Gasteiger partial charge in [-0.05, 0) is 38.5 Å². The molecule has 0 aromatic rings. The molecule has 3 rings (SSSR count). The van der Waals surface area contributed by atoms with Crippen LogP contribution in [-0.4, -0.2) is 28.9 Å². The Hall–Kier alpha value is -0.900. The van der Waals surface area contributed by atoms with Gasteiger partial charge in [0.15, 0.2) is 0 Å². The Morgan fingerprint density at radius 1 is 1.42 bits per heavy atom. The van der Waals surface area contributed by atoms with Crippen molar-refractivity contribution in [3.8, 4) is 0 Å². The third kappa shape index (κ3) is 1.83. The molecule has 0 radical (unpaired) electrons. The van der Waals surface area contributed by atoms with Gasteiger partial charge in [-0.15, -0.1) is 0 Å². The highest BCUT2D eigenvalue weighted by molar-refractivity contribution is 5.84. The molecule has 3 nitrogen and oxygen atoms in total. The molecule has 3 aliphatic rings. The van der Waals surface area contributed by atoms with Gasteiger partial charge in [0.25, 0.3) is 0 Å². The van der Waals surface area contributed by atoms with Crippen LogP contribution in [0.3, 0.4) is 0 Å². The summed E-state index contributed by atoms with van der Waals surface area (Å²) < 4.78 is 13.9. The predicted octanol–water partition coefficient (Wildman–Crippen LogP) is 2.37. The first-order valence-corrected chi connectivity index (χ1v) is 7.40. The van der Waals surface area contributed by atoms with E-state index in [-0.39, 0.29) is 11.9 Å². The Balaban J connectivity index is 1.80. The Labute approximate surface area is 114 Å². The van der Waals surface area contributed by atoms with Gasteiger partial charge < -0.3 is 10.6 Å². The molecule has 4 atom stereocenters. The topological polar surface area (TPSA) is 46.3 Å². The van der Waals surface area contributed by atoms with Crippen molar-refractivity contribution >= 4 is 5.91 Å². The lowest BCUT2D eigenvalue weighted by Gasteiger charge is -2.36. The van der Waals surface area contributed by atoms with Crippen molar-refractivity contribution in [3.05, 3.63) is 12.4 Å². The van der Waals surface area contributed by atoms with E-state index in [2.05, 4.69) is 13.5 Å². The number of hydrogen-bond donors (Lipinski definition) is 1. The molecule has 0 bridgehead atoms. The van der Waals surface area contributed by atoms with Crippen molar-refractivity contribution in [1.82, 2.24) is 4.90 Å².